The van der Waals surface area contributed by atoms with E-state index in [4.69, 9.17) is 5.26 Å². The van der Waals surface area contributed by atoms with E-state index in [0.29, 0.717) is 5.82 Å². The van der Waals surface area contributed by atoms with Crippen molar-refractivity contribution in [3.8, 4) is 6.07 Å². The van der Waals surface area contributed by atoms with E-state index in [1.165, 1.54) is 12.3 Å². The van der Waals surface area contributed by atoms with Gasteiger partial charge in [-0.15, -0.1) is 0 Å². The first kappa shape index (κ1) is 17.9. The summed E-state index contributed by atoms with van der Waals surface area (Å²) in [4.78, 5) is 30.1. The molecule has 6 heteroatoms. The highest BCUT2D eigenvalue weighted by Crippen LogP contribution is 2.14. The molecule has 1 heterocycles. The minimum absolute atomic E-state index is 0.295. The Kier molecular flexibility index (Phi) is 6.02. The molecular formula is C19H18N4O2. The Balaban J connectivity index is 2.04. The Hall–Kier alpha value is -3.46. The molecule has 1 unspecified atom stereocenters. The maximum absolute atomic E-state index is 12.2. The quantitative estimate of drug-likeness (QED) is 0.648. The second kappa shape index (κ2) is 8.41. The number of amides is 1. The molecule has 1 N–H and O–H groups in total. The zero-order valence-electron chi connectivity index (χ0n) is 14.0. The van der Waals surface area contributed by atoms with Crippen LogP contribution in [0.1, 0.15) is 5.56 Å². The molecule has 25 heavy (non-hydrogen) atoms. The lowest BCUT2D eigenvalue weighted by Gasteiger charge is -2.11. The first-order chi connectivity index (χ1) is 12.0. The van der Waals surface area contributed by atoms with E-state index in [-0.39, 0.29) is 0 Å². The third-order valence-electron chi connectivity index (χ3n) is 3.44. The maximum atomic E-state index is 12.2. The number of hydrogen-bond donors (Lipinski definition) is 1. The van der Waals surface area contributed by atoms with E-state index < -0.39 is 17.6 Å². The fraction of sp³-hybridized carbons (Fsp3) is 0.158. The molecule has 0 aliphatic heterocycles. The van der Waals surface area contributed by atoms with Crippen LogP contribution in [0.3, 0.4) is 0 Å². The van der Waals surface area contributed by atoms with Gasteiger partial charge in [-0.25, -0.2) is 4.98 Å². The number of nitrogens with one attached hydrogen (secondary N) is 1. The molecule has 1 aromatic heterocycles. The predicted molar refractivity (Wildman–Crippen MR) is 96.8 cm³/mol. The smallest absolute Gasteiger partial charge is 0.250 e. The lowest BCUT2D eigenvalue weighted by molar-refractivity contribution is -0.126. The normalized spacial score (nSPS) is 11.6. The molecule has 0 saturated heterocycles. The number of nitriles is 1. The fourth-order valence-electron chi connectivity index (χ4n) is 2.04. The van der Waals surface area contributed by atoms with Crippen LogP contribution in [0.4, 0.5) is 11.5 Å². The average molecular weight is 334 g/mol. The number of rotatable bonds is 6. The van der Waals surface area contributed by atoms with Crippen molar-refractivity contribution in [1.82, 2.24) is 4.98 Å². The molecule has 0 spiro atoms. The largest absolute Gasteiger partial charge is 0.378 e. The summed E-state index contributed by atoms with van der Waals surface area (Å²) in [5.41, 5.74) is 1.84. The van der Waals surface area contributed by atoms with Crippen molar-refractivity contribution < 1.29 is 9.59 Å². The highest BCUT2D eigenvalue weighted by Gasteiger charge is 2.24. The van der Waals surface area contributed by atoms with Crippen LogP contribution >= 0.6 is 0 Å². The molecule has 0 saturated carbocycles. The van der Waals surface area contributed by atoms with Crippen LogP contribution in [0.15, 0.2) is 54.7 Å². The lowest BCUT2D eigenvalue weighted by Crippen LogP contribution is -2.27. The zero-order chi connectivity index (χ0) is 18.2. The van der Waals surface area contributed by atoms with Crippen LogP contribution in [0.2, 0.25) is 0 Å². The van der Waals surface area contributed by atoms with Crippen molar-refractivity contribution in [2.75, 3.05) is 24.3 Å². The summed E-state index contributed by atoms with van der Waals surface area (Å²) in [6, 6.07) is 14.3. The highest BCUT2D eigenvalue weighted by atomic mass is 16.2. The molecular weight excluding hydrogens is 316 g/mol. The van der Waals surface area contributed by atoms with Crippen LogP contribution in [0.5, 0.6) is 0 Å². The van der Waals surface area contributed by atoms with Gasteiger partial charge in [0.05, 0.1) is 6.07 Å². The summed E-state index contributed by atoms with van der Waals surface area (Å²) >= 11 is 0. The van der Waals surface area contributed by atoms with E-state index in [9.17, 15) is 9.59 Å². The summed E-state index contributed by atoms with van der Waals surface area (Å²) in [5, 5.41) is 11.6. The topological polar surface area (TPSA) is 86.1 Å². The van der Waals surface area contributed by atoms with Gasteiger partial charge in [0.15, 0.2) is 11.7 Å². The molecule has 0 radical (unpaired) electrons. The molecule has 0 aliphatic rings. The number of nitrogens with zero attached hydrogens (tertiary/aromatic N) is 3. The van der Waals surface area contributed by atoms with Crippen molar-refractivity contribution in [2.45, 2.75) is 0 Å². The number of aromatic nitrogens is 1. The zero-order valence-corrected chi connectivity index (χ0v) is 14.0. The Morgan fingerprint density at radius 3 is 2.48 bits per heavy atom. The van der Waals surface area contributed by atoms with Crippen molar-refractivity contribution in [1.29, 1.82) is 5.26 Å². The van der Waals surface area contributed by atoms with Crippen molar-refractivity contribution in [3.63, 3.8) is 0 Å². The first-order valence-corrected chi connectivity index (χ1v) is 7.62. The van der Waals surface area contributed by atoms with Crippen LogP contribution in [0, 0.1) is 17.2 Å². The number of pyridine rings is 1. The first-order valence-electron chi connectivity index (χ1n) is 7.62. The summed E-state index contributed by atoms with van der Waals surface area (Å²) in [6.45, 7) is 0. The van der Waals surface area contributed by atoms with E-state index in [2.05, 4.69) is 10.3 Å². The number of ketones is 1. The summed E-state index contributed by atoms with van der Waals surface area (Å²) < 4.78 is 0. The average Bonchev–Trinajstić information content (AvgIpc) is 2.61. The van der Waals surface area contributed by atoms with E-state index in [1.54, 1.807) is 30.3 Å². The van der Waals surface area contributed by atoms with Gasteiger partial charge in [-0.1, -0.05) is 24.3 Å². The van der Waals surface area contributed by atoms with Crippen LogP contribution in [-0.2, 0) is 9.59 Å². The molecule has 2 aromatic rings. The predicted octanol–water partition coefficient (Wildman–Crippen LogP) is 2.51. The van der Waals surface area contributed by atoms with Crippen molar-refractivity contribution >= 4 is 29.3 Å². The number of hydrogen-bond acceptors (Lipinski definition) is 5. The molecule has 0 bridgehead atoms. The summed E-state index contributed by atoms with van der Waals surface area (Å²) in [5.74, 6) is -2.39. The Morgan fingerprint density at radius 2 is 1.92 bits per heavy atom. The molecule has 6 nitrogen and oxygen atoms in total. The molecule has 1 aromatic carbocycles. The van der Waals surface area contributed by atoms with Crippen LogP contribution in [-0.4, -0.2) is 30.8 Å². The Morgan fingerprint density at radius 1 is 1.20 bits per heavy atom. The van der Waals surface area contributed by atoms with Crippen molar-refractivity contribution in [2.24, 2.45) is 5.92 Å². The minimum atomic E-state index is -1.42. The summed E-state index contributed by atoms with van der Waals surface area (Å²) in [7, 11) is 3.87. The number of carbonyl (C=O) groups is 2. The minimum Gasteiger partial charge on any atom is -0.378 e. The van der Waals surface area contributed by atoms with E-state index >= 15 is 0 Å². The molecule has 0 fully saturated rings. The highest BCUT2D eigenvalue weighted by molar-refractivity contribution is 6.14. The SMILES string of the molecule is CN(C)c1ccc(C=CC(=O)C(C#N)C(=O)Nc2ccccn2)cc1. The van der Waals surface area contributed by atoms with Gasteiger partial charge >= 0.3 is 0 Å². The standard InChI is InChI=1S/C19H18N4O2/c1-23(2)15-9-6-14(7-10-15)8-11-17(24)16(13-20)19(25)22-18-5-3-4-12-21-18/h3-12,16H,1-2H3,(H,21,22,25). The van der Waals surface area contributed by atoms with Gasteiger partial charge in [0.25, 0.3) is 5.91 Å². The fourth-order valence-corrected chi connectivity index (χ4v) is 2.04. The lowest BCUT2D eigenvalue weighted by atomic mass is 10.0. The molecule has 0 aliphatic carbocycles. The van der Waals surface area contributed by atoms with Gasteiger partial charge in [0.2, 0.25) is 0 Å². The maximum Gasteiger partial charge on any atom is 0.250 e. The van der Waals surface area contributed by atoms with Gasteiger partial charge in [0, 0.05) is 26.0 Å². The molecule has 1 atom stereocenters. The van der Waals surface area contributed by atoms with Crippen LogP contribution < -0.4 is 10.2 Å². The Bertz CT molecular complexity index is 806. The van der Waals surface area contributed by atoms with E-state index in [1.807, 2.05) is 43.3 Å². The van der Waals surface area contributed by atoms with Gasteiger partial charge in [-0.3, -0.25) is 9.59 Å². The second-order valence-electron chi connectivity index (χ2n) is 5.49. The van der Waals surface area contributed by atoms with Gasteiger partial charge < -0.3 is 10.2 Å². The Labute approximate surface area is 146 Å². The number of anilines is 2. The summed E-state index contributed by atoms with van der Waals surface area (Å²) in [6.07, 6.45) is 4.34. The third-order valence-corrected chi connectivity index (χ3v) is 3.44. The third kappa shape index (κ3) is 5.01. The van der Waals surface area contributed by atoms with Gasteiger partial charge in [-0.2, -0.15) is 5.26 Å². The monoisotopic (exact) mass is 334 g/mol. The van der Waals surface area contributed by atoms with Crippen molar-refractivity contribution in [3.05, 3.63) is 60.3 Å². The van der Waals surface area contributed by atoms with Crippen LogP contribution in [0.25, 0.3) is 6.08 Å². The number of allylic oxidation sites excluding steroid dienone is 1. The molecule has 1 amide bonds. The molecule has 126 valence electrons. The van der Waals surface area contributed by atoms with Gasteiger partial charge in [0.1, 0.15) is 5.82 Å². The number of benzene rings is 1. The van der Waals surface area contributed by atoms with E-state index in [0.717, 1.165) is 11.3 Å². The molecule has 2 rings (SSSR count). The van der Waals surface area contributed by atoms with Gasteiger partial charge in [-0.05, 0) is 35.9 Å². The number of carbonyl (C=O) groups excluding carboxylic acids is 2. The second-order valence-corrected chi connectivity index (χ2v) is 5.49.